The van der Waals surface area contributed by atoms with Crippen molar-refractivity contribution in [3.8, 4) is 0 Å². The van der Waals surface area contributed by atoms with Gasteiger partial charge >= 0.3 is 0 Å². The molecule has 0 aliphatic rings. The molecule has 0 radical (unpaired) electrons. The summed E-state index contributed by atoms with van der Waals surface area (Å²) in [5, 5.41) is 3.00. The Morgan fingerprint density at radius 1 is 1.00 bits per heavy atom. The molecule has 24 heavy (non-hydrogen) atoms. The Morgan fingerprint density at radius 3 is 2.46 bits per heavy atom. The lowest BCUT2D eigenvalue weighted by Gasteiger charge is -2.10. The molecule has 0 spiro atoms. The summed E-state index contributed by atoms with van der Waals surface area (Å²) in [5.74, 6) is 0.106. The number of rotatable bonds is 9. The van der Waals surface area contributed by atoms with Crippen molar-refractivity contribution in [2.24, 2.45) is 0 Å². The Kier molecular flexibility index (Phi) is 7.50. The quantitative estimate of drug-likeness (QED) is 0.748. The molecule has 0 unspecified atom stereocenters. The van der Waals surface area contributed by atoms with Crippen LogP contribution < -0.4 is 5.32 Å². The molecule has 0 saturated heterocycles. The monoisotopic (exact) mass is 325 g/mol. The molecule has 0 bridgehead atoms. The van der Waals surface area contributed by atoms with Crippen molar-refractivity contribution in [2.45, 2.75) is 52.4 Å². The van der Waals surface area contributed by atoms with Crippen LogP contribution in [-0.2, 0) is 29.1 Å². The van der Waals surface area contributed by atoms with E-state index < -0.39 is 0 Å². The van der Waals surface area contributed by atoms with Crippen molar-refractivity contribution < 1.29 is 9.53 Å². The molecule has 3 heteroatoms. The lowest BCUT2D eigenvalue weighted by molar-refractivity contribution is -0.121. The summed E-state index contributed by atoms with van der Waals surface area (Å²) in [6, 6.07) is 18.5. The van der Waals surface area contributed by atoms with Crippen LogP contribution in [0.2, 0.25) is 0 Å². The van der Waals surface area contributed by atoms with E-state index in [1.54, 1.807) is 0 Å². The Hall–Kier alpha value is -2.13. The number of ether oxygens (including phenoxy) is 1. The first-order valence-electron chi connectivity index (χ1n) is 8.63. The van der Waals surface area contributed by atoms with Crippen LogP contribution in [0.25, 0.3) is 0 Å². The molecular weight excluding hydrogens is 298 g/mol. The summed E-state index contributed by atoms with van der Waals surface area (Å²) in [7, 11) is 0. The fourth-order valence-electron chi connectivity index (χ4n) is 2.48. The molecule has 1 amide bonds. The number of benzene rings is 2. The van der Waals surface area contributed by atoms with Crippen molar-refractivity contribution in [1.82, 2.24) is 5.32 Å². The highest BCUT2D eigenvalue weighted by molar-refractivity contribution is 5.75. The van der Waals surface area contributed by atoms with E-state index in [4.69, 9.17) is 4.74 Å². The SMILES string of the molecule is CC(C)OCc1cccc(CNC(=O)CCCc2ccccc2)c1. The second-order valence-corrected chi connectivity index (χ2v) is 6.30. The molecule has 0 fully saturated rings. The topological polar surface area (TPSA) is 38.3 Å². The maximum atomic E-state index is 12.0. The minimum atomic E-state index is 0.106. The predicted molar refractivity (Wildman–Crippen MR) is 97.6 cm³/mol. The number of amides is 1. The second-order valence-electron chi connectivity index (χ2n) is 6.30. The van der Waals surface area contributed by atoms with E-state index in [9.17, 15) is 4.79 Å². The van der Waals surface area contributed by atoms with Crippen LogP contribution in [0.15, 0.2) is 54.6 Å². The third-order valence-corrected chi connectivity index (χ3v) is 3.78. The molecule has 0 aromatic heterocycles. The fourth-order valence-corrected chi connectivity index (χ4v) is 2.48. The Balaban J connectivity index is 1.70. The van der Waals surface area contributed by atoms with Crippen molar-refractivity contribution in [2.75, 3.05) is 0 Å². The van der Waals surface area contributed by atoms with E-state index in [1.807, 2.05) is 50.2 Å². The van der Waals surface area contributed by atoms with Crippen LogP contribution >= 0.6 is 0 Å². The van der Waals surface area contributed by atoms with Gasteiger partial charge < -0.3 is 10.1 Å². The normalized spacial score (nSPS) is 10.8. The van der Waals surface area contributed by atoms with Gasteiger partial charge in [-0.1, -0.05) is 54.6 Å². The van der Waals surface area contributed by atoms with Crippen LogP contribution in [0.3, 0.4) is 0 Å². The maximum Gasteiger partial charge on any atom is 0.220 e. The second kappa shape index (κ2) is 9.89. The molecule has 2 aromatic carbocycles. The number of nitrogens with one attached hydrogen (secondary N) is 1. The lowest BCUT2D eigenvalue weighted by Crippen LogP contribution is -2.22. The average molecular weight is 325 g/mol. The molecule has 0 aliphatic heterocycles. The highest BCUT2D eigenvalue weighted by atomic mass is 16.5. The molecule has 2 rings (SSSR count). The van der Waals surface area contributed by atoms with Crippen LogP contribution in [0, 0.1) is 0 Å². The Labute approximate surface area is 145 Å². The molecule has 0 atom stereocenters. The number of aryl methyl sites for hydroxylation is 1. The predicted octanol–water partition coefficient (Wildman–Crippen LogP) is 4.25. The zero-order valence-electron chi connectivity index (χ0n) is 14.6. The highest BCUT2D eigenvalue weighted by Crippen LogP contribution is 2.08. The Bertz CT molecular complexity index is 623. The summed E-state index contributed by atoms with van der Waals surface area (Å²) in [4.78, 5) is 12.0. The molecule has 0 saturated carbocycles. The largest absolute Gasteiger partial charge is 0.374 e. The first-order valence-corrected chi connectivity index (χ1v) is 8.63. The summed E-state index contributed by atoms with van der Waals surface area (Å²) >= 11 is 0. The molecule has 3 nitrogen and oxygen atoms in total. The van der Waals surface area contributed by atoms with Gasteiger partial charge in [0.05, 0.1) is 12.7 Å². The van der Waals surface area contributed by atoms with Crippen LogP contribution in [0.4, 0.5) is 0 Å². The van der Waals surface area contributed by atoms with E-state index in [0.29, 0.717) is 19.6 Å². The molecular formula is C21H27NO2. The first-order chi connectivity index (χ1) is 11.6. The van der Waals surface area contributed by atoms with Crippen LogP contribution in [0.5, 0.6) is 0 Å². The van der Waals surface area contributed by atoms with E-state index in [0.717, 1.165) is 24.0 Å². The fraction of sp³-hybridized carbons (Fsp3) is 0.381. The molecule has 0 heterocycles. The number of carbonyl (C=O) groups is 1. The van der Waals surface area contributed by atoms with Gasteiger partial charge in [0.2, 0.25) is 5.91 Å². The maximum absolute atomic E-state index is 12.0. The molecule has 1 N–H and O–H groups in total. The third kappa shape index (κ3) is 6.97. The molecule has 0 aliphatic carbocycles. The number of hydrogen-bond donors (Lipinski definition) is 1. The van der Waals surface area contributed by atoms with Crippen molar-refractivity contribution in [1.29, 1.82) is 0 Å². The molecule has 128 valence electrons. The zero-order valence-corrected chi connectivity index (χ0v) is 14.6. The van der Waals surface area contributed by atoms with Gasteiger partial charge in [0.1, 0.15) is 0 Å². The van der Waals surface area contributed by atoms with E-state index in [2.05, 4.69) is 23.5 Å². The van der Waals surface area contributed by atoms with Gasteiger partial charge in [-0.25, -0.2) is 0 Å². The number of hydrogen-bond acceptors (Lipinski definition) is 2. The minimum absolute atomic E-state index is 0.106. The van der Waals surface area contributed by atoms with Gasteiger partial charge in [-0.2, -0.15) is 0 Å². The Morgan fingerprint density at radius 2 is 1.71 bits per heavy atom. The first kappa shape index (κ1) is 18.2. The third-order valence-electron chi connectivity index (χ3n) is 3.78. The van der Waals surface area contributed by atoms with Crippen LogP contribution in [-0.4, -0.2) is 12.0 Å². The summed E-state index contributed by atoms with van der Waals surface area (Å²) in [5.41, 5.74) is 3.53. The van der Waals surface area contributed by atoms with E-state index in [1.165, 1.54) is 5.56 Å². The van der Waals surface area contributed by atoms with Crippen molar-refractivity contribution >= 4 is 5.91 Å². The number of carbonyl (C=O) groups excluding carboxylic acids is 1. The van der Waals surface area contributed by atoms with E-state index in [-0.39, 0.29) is 12.0 Å². The summed E-state index contributed by atoms with van der Waals surface area (Å²) in [6.07, 6.45) is 2.59. The average Bonchev–Trinajstić information content (AvgIpc) is 2.59. The highest BCUT2D eigenvalue weighted by Gasteiger charge is 2.03. The molecule has 2 aromatic rings. The van der Waals surface area contributed by atoms with E-state index >= 15 is 0 Å². The van der Waals surface area contributed by atoms with Crippen molar-refractivity contribution in [3.63, 3.8) is 0 Å². The van der Waals surface area contributed by atoms with Crippen molar-refractivity contribution in [3.05, 3.63) is 71.3 Å². The van der Waals surface area contributed by atoms with Gasteiger partial charge in [-0.3, -0.25) is 4.79 Å². The van der Waals surface area contributed by atoms with Gasteiger partial charge in [0.15, 0.2) is 0 Å². The lowest BCUT2D eigenvalue weighted by atomic mass is 10.1. The summed E-state index contributed by atoms with van der Waals surface area (Å²) in [6.45, 7) is 5.23. The zero-order chi connectivity index (χ0) is 17.2. The van der Waals surface area contributed by atoms with Crippen LogP contribution in [0.1, 0.15) is 43.4 Å². The standard InChI is InChI=1S/C21H27NO2/c1-17(2)24-16-20-12-6-11-19(14-20)15-22-21(23)13-7-10-18-8-4-3-5-9-18/h3-6,8-9,11-12,14,17H,7,10,13,15-16H2,1-2H3,(H,22,23). The van der Waals surface area contributed by atoms with Gasteiger partial charge in [-0.15, -0.1) is 0 Å². The van der Waals surface area contributed by atoms with Gasteiger partial charge in [0.25, 0.3) is 0 Å². The smallest absolute Gasteiger partial charge is 0.220 e. The van der Waals surface area contributed by atoms with Gasteiger partial charge in [-0.05, 0) is 43.4 Å². The van der Waals surface area contributed by atoms with Gasteiger partial charge in [0, 0.05) is 13.0 Å². The summed E-state index contributed by atoms with van der Waals surface area (Å²) < 4.78 is 5.62. The minimum Gasteiger partial charge on any atom is -0.374 e.